The van der Waals surface area contributed by atoms with Crippen LogP contribution in [-0.2, 0) is 14.3 Å². The number of carbonyl (C=O) groups excluding carboxylic acids is 2. The molecule has 0 spiro atoms. The van der Waals surface area contributed by atoms with E-state index in [0.717, 1.165) is 25.5 Å². The van der Waals surface area contributed by atoms with Gasteiger partial charge in [-0.2, -0.15) is 0 Å². The Morgan fingerprint density at radius 2 is 1.48 bits per heavy atom. The smallest absolute Gasteiger partial charge is 0.237 e. The lowest BCUT2D eigenvalue weighted by atomic mass is 9.81. The van der Waals surface area contributed by atoms with Crippen LogP contribution in [0.25, 0.3) is 0 Å². The van der Waals surface area contributed by atoms with Crippen LogP contribution in [0.1, 0.15) is 87.5 Å². The Kier molecular flexibility index (Phi) is 17.7. The Morgan fingerprint density at radius 3 is 1.72 bits per heavy atom. The Bertz CT molecular complexity index is 340. The number of rotatable bonds is 8. The van der Waals surface area contributed by atoms with Gasteiger partial charge in [-0.05, 0) is 58.8 Å². The van der Waals surface area contributed by atoms with Crippen molar-refractivity contribution in [3.8, 4) is 0 Å². The van der Waals surface area contributed by atoms with E-state index in [9.17, 15) is 4.79 Å². The highest BCUT2D eigenvalue weighted by atomic mass is 16.5. The highest BCUT2D eigenvalue weighted by molar-refractivity contribution is 5.84. The molecule has 3 atom stereocenters. The first-order valence-electron chi connectivity index (χ1n) is 9.37. The van der Waals surface area contributed by atoms with Crippen molar-refractivity contribution >= 4 is 12.2 Å². The van der Waals surface area contributed by atoms with E-state index in [2.05, 4.69) is 27.7 Å². The van der Waals surface area contributed by atoms with Gasteiger partial charge in [0.1, 0.15) is 6.29 Å². The van der Waals surface area contributed by atoms with E-state index >= 15 is 0 Å². The third-order valence-corrected chi connectivity index (χ3v) is 4.29. The van der Waals surface area contributed by atoms with Crippen LogP contribution in [0.4, 0.5) is 0 Å². The average molecular weight is 361 g/mol. The predicted molar refractivity (Wildman–Crippen MR) is 107 cm³/mol. The van der Waals surface area contributed by atoms with Gasteiger partial charge >= 0.3 is 0 Å². The van der Waals surface area contributed by atoms with E-state index in [4.69, 9.17) is 21.0 Å². The van der Waals surface area contributed by atoms with Crippen molar-refractivity contribution in [2.75, 3.05) is 7.11 Å². The lowest BCUT2D eigenvalue weighted by Gasteiger charge is -2.29. The first kappa shape index (κ1) is 28.8. The van der Waals surface area contributed by atoms with Gasteiger partial charge in [0, 0.05) is 7.11 Å². The molecule has 5 nitrogen and oxygen atoms in total. The first-order valence-corrected chi connectivity index (χ1v) is 9.37. The van der Waals surface area contributed by atoms with Crippen molar-refractivity contribution < 1.29 is 14.3 Å². The molecule has 5 heteroatoms. The number of amides is 1. The van der Waals surface area contributed by atoms with Gasteiger partial charge in [-0.3, -0.25) is 4.79 Å². The minimum Gasteiger partial charge on any atom is -0.379 e. The van der Waals surface area contributed by atoms with Gasteiger partial charge in [0.05, 0.1) is 11.1 Å². The minimum atomic E-state index is -0.807. The number of nitrogens with two attached hydrogens (primary N) is 2. The zero-order valence-corrected chi connectivity index (χ0v) is 18.1. The molecule has 152 valence electrons. The zero-order valence-electron chi connectivity index (χ0n) is 18.1. The summed E-state index contributed by atoms with van der Waals surface area (Å²) >= 11 is 0. The molecule has 4 N–H and O–H groups in total. The molecule has 0 radical (unpaired) electrons. The Morgan fingerprint density at radius 1 is 1.12 bits per heavy atom. The fourth-order valence-electron chi connectivity index (χ4n) is 1.80. The molecule has 0 fully saturated rings. The fourth-order valence-corrected chi connectivity index (χ4v) is 1.80. The molecule has 0 aromatic heterocycles. The first-order chi connectivity index (χ1) is 11.3. The minimum absolute atomic E-state index is 0.0417. The number of hydrogen-bond donors (Lipinski definition) is 2. The molecule has 0 aliphatic heterocycles. The third kappa shape index (κ3) is 19.2. The molecule has 3 unspecified atom stereocenters. The zero-order chi connectivity index (χ0) is 20.7. The largest absolute Gasteiger partial charge is 0.379 e. The van der Waals surface area contributed by atoms with Crippen molar-refractivity contribution in [3.63, 3.8) is 0 Å². The number of aldehydes is 1. The van der Waals surface area contributed by atoms with Crippen molar-refractivity contribution in [2.24, 2.45) is 23.3 Å². The quantitative estimate of drug-likeness (QED) is 0.638. The lowest BCUT2D eigenvalue weighted by Crippen LogP contribution is -2.53. The Hall–Kier alpha value is -0.940. The summed E-state index contributed by atoms with van der Waals surface area (Å²) in [7, 11) is 1.71. The molecule has 0 bridgehead atoms. The molecular weight excluding hydrogens is 316 g/mol. The number of ether oxygens (including phenoxy) is 1. The van der Waals surface area contributed by atoms with Crippen molar-refractivity contribution in [3.05, 3.63) is 0 Å². The summed E-state index contributed by atoms with van der Waals surface area (Å²) in [6.07, 6.45) is 5.30. The molecule has 0 aliphatic carbocycles. The Balaban J connectivity index is -0.000000445. The summed E-state index contributed by atoms with van der Waals surface area (Å²) in [5.74, 6) is 0.713. The van der Waals surface area contributed by atoms with Crippen LogP contribution in [0.15, 0.2) is 0 Å². The molecule has 0 aromatic rings. The van der Waals surface area contributed by atoms with Crippen molar-refractivity contribution in [1.29, 1.82) is 0 Å². The molecule has 0 aliphatic rings. The van der Waals surface area contributed by atoms with E-state index in [-0.39, 0.29) is 11.5 Å². The van der Waals surface area contributed by atoms with Gasteiger partial charge < -0.3 is 21.0 Å². The average Bonchev–Trinajstić information content (AvgIpc) is 2.52. The summed E-state index contributed by atoms with van der Waals surface area (Å²) in [6.45, 7) is 16.1. The van der Waals surface area contributed by atoms with Gasteiger partial charge in [-0.15, -0.1) is 0 Å². The number of primary amides is 1. The summed E-state index contributed by atoms with van der Waals surface area (Å²) in [4.78, 5) is 20.3. The van der Waals surface area contributed by atoms with Gasteiger partial charge in [-0.1, -0.05) is 40.5 Å². The van der Waals surface area contributed by atoms with E-state index in [0.29, 0.717) is 24.7 Å². The van der Waals surface area contributed by atoms with E-state index < -0.39 is 5.54 Å². The van der Waals surface area contributed by atoms with E-state index in [1.165, 1.54) is 6.92 Å². The Labute approximate surface area is 156 Å². The van der Waals surface area contributed by atoms with Crippen LogP contribution < -0.4 is 11.5 Å². The second-order valence-corrected chi connectivity index (χ2v) is 7.84. The molecule has 25 heavy (non-hydrogen) atoms. The summed E-state index contributed by atoms with van der Waals surface area (Å²) in [5, 5.41) is 0. The molecule has 0 heterocycles. The topological polar surface area (TPSA) is 95.4 Å². The van der Waals surface area contributed by atoms with Crippen LogP contribution >= 0.6 is 0 Å². The van der Waals surface area contributed by atoms with E-state index in [1.807, 2.05) is 20.8 Å². The molecule has 0 saturated heterocycles. The van der Waals surface area contributed by atoms with Crippen molar-refractivity contribution in [1.82, 2.24) is 0 Å². The van der Waals surface area contributed by atoms with Crippen LogP contribution in [0.5, 0.6) is 0 Å². The van der Waals surface area contributed by atoms with Gasteiger partial charge in [0.15, 0.2) is 0 Å². The monoisotopic (exact) mass is 360 g/mol. The maximum absolute atomic E-state index is 11.5. The molecule has 1 amide bonds. The summed E-state index contributed by atoms with van der Waals surface area (Å²) in [5.41, 5.74) is 10.8. The normalized spacial score (nSPS) is 15.4. The number of hydrogen-bond acceptors (Lipinski definition) is 4. The fraction of sp³-hybridized carbons (Fsp3) is 0.900. The van der Waals surface area contributed by atoms with Crippen LogP contribution in [0, 0.1) is 11.8 Å². The molecular formula is C20H44N2O3. The molecule has 0 saturated carbocycles. The molecule has 0 rings (SSSR count). The third-order valence-electron chi connectivity index (χ3n) is 4.29. The number of carbonyl (C=O) groups is 2. The highest BCUT2D eigenvalue weighted by Crippen LogP contribution is 2.24. The van der Waals surface area contributed by atoms with Crippen LogP contribution in [-0.4, -0.2) is 30.4 Å². The standard InChI is InChI=1S/C13H28N2O.C5H12O.C2H4O/c1-5-10(3)7-8-13(15,12(14)16)9-11(4)6-2;1-5(2,3)6-4;1-2-3/h10-11H,5-9,15H2,1-4H3,(H2,14,16);1-4H3;2H,1H3. The second kappa shape index (κ2) is 15.3. The van der Waals surface area contributed by atoms with Crippen LogP contribution in [0.2, 0.25) is 0 Å². The van der Waals surface area contributed by atoms with Gasteiger partial charge in [0.2, 0.25) is 5.91 Å². The second-order valence-electron chi connectivity index (χ2n) is 7.84. The SMILES string of the molecule is CC=O.CCC(C)CCC(N)(CC(C)CC)C(N)=O.COC(C)(C)C. The lowest BCUT2D eigenvalue weighted by molar-refractivity contribution is -0.124. The van der Waals surface area contributed by atoms with Gasteiger partial charge in [-0.25, -0.2) is 0 Å². The maximum atomic E-state index is 11.5. The van der Waals surface area contributed by atoms with Crippen molar-refractivity contribution in [2.45, 2.75) is 98.6 Å². The number of methoxy groups -OCH3 is 1. The molecule has 0 aromatic carbocycles. The maximum Gasteiger partial charge on any atom is 0.237 e. The predicted octanol–water partition coefficient (Wildman–Crippen LogP) is 4.07. The summed E-state index contributed by atoms with van der Waals surface area (Å²) in [6, 6.07) is 0. The summed E-state index contributed by atoms with van der Waals surface area (Å²) < 4.78 is 4.94. The van der Waals surface area contributed by atoms with E-state index in [1.54, 1.807) is 7.11 Å². The van der Waals surface area contributed by atoms with Crippen LogP contribution in [0.3, 0.4) is 0 Å². The van der Waals surface area contributed by atoms with Gasteiger partial charge in [0.25, 0.3) is 0 Å². The highest BCUT2D eigenvalue weighted by Gasteiger charge is 2.33.